The van der Waals surface area contributed by atoms with E-state index in [0.717, 1.165) is 28.7 Å². The first-order chi connectivity index (χ1) is 9.43. The number of hydrogen-bond acceptors (Lipinski definition) is 5. The van der Waals surface area contributed by atoms with E-state index in [1.807, 2.05) is 39.5 Å². The molecule has 0 amide bonds. The van der Waals surface area contributed by atoms with Gasteiger partial charge in [0.2, 0.25) is 0 Å². The van der Waals surface area contributed by atoms with E-state index in [9.17, 15) is 0 Å². The summed E-state index contributed by atoms with van der Waals surface area (Å²) in [6, 6.07) is 0. The maximum absolute atomic E-state index is 4.47. The fourth-order valence-corrected chi connectivity index (χ4v) is 2.29. The van der Waals surface area contributed by atoms with Gasteiger partial charge in [-0.3, -0.25) is 4.68 Å². The number of hydrogen-bond donors (Lipinski definition) is 2. The summed E-state index contributed by atoms with van der Waals surface area (Å²) in [7, 11) is 3.83. The average molecular weight is 274 g/mol. The molecule has 0 saturated heterocycles. The van der Waals surface area contributed by atoms with E-state index in [1.54, 1.807) is 0 Å². The van der Waals surface area contributed by atoms with Gasteiger partial charge in [0.15, 0.2) is 0 Å². The molecule has 0 aliphatic carbocycles. The summed E-state index contributed by atoms with van der Waals surface area (Å²) in [4.78, 5) is 8.84. The SMILES string of the molecule is CNc1nc(C)nc(NCc2c(C)nn(C)c2C)c1C. The Morgan fingerprint density at radius 3 is 2.25 bits per heavy atom. The van der Waals surface area contributed by atoms with E-state index in [-0.39, 0.29) is 0 Å². The molecule has 2 N–H and O–H groups in total. The van der Waals surface area contributed by atoms with E-state index < -0.39 is 0 Å². The van der Waals surface area contributed by atoms with Gasteiger partial charge in [-0.25, -0.2) is 9.97 Å². The molecule has 2 heterocycles. The Morgan fingerprint density at radius 2 is 1.70 bits per heavy atom. The summed E-state index contributed by atoms with van der Waals surface area (Å²) in [5.74, 6) is 2.48. The monoisotopic (exact) mass is 274 g/mol. The van der Waals surface area contributed by atoms with Crippen molar-refractivity contribution in [1.82, 2.24) is 19.7 Å². The van der Waals surface area contributed by atoms with Crippen LogP contribution >= 0.6 is 0 Å². The Hall–Kier alpha value is -2.11. The van der Waals surface area contributed by atoms with Crippen molar-refractivity contribution >= 4 is 11.6 Å². The van der Waals surface area contributed by atoms with Crippen molar-refractivity contribution in [1.29, 1.82) is 0 Å². The molecule has 2 aromatic rings. The van der Waals surface area contributed by atoms with E-state index in [0.29, 0.717) is 6.54 Å². The standard InChI is InChI=1S/C14H22N6/c1-8-13(15-5)17-11(4)18-14(8)16-7-12-9(2)19-20(6)10(12)3/h7H2,1-6H3,(H2,15,16,17,18). The molecular weight excluding hydrogens is 252 g/mol. The number of aryl methyl sites for hydroxylation is 3. The van der Waals surface area contributed by atoms with Gasteiger partial charge in [0, 0.05) is 37.5 Å². The quantitative estimate of drug-likeness (QED) is 0.893. The number of nitrogens with one attached hydrogen (secondary N) is 2. The van der Waals surface area contributed by atoms with E-state index >= 15 is 0 Å². The van der Waals surface area contributed by atoms with Crippen molar-refractivity contribution in [2.24, 2.45) is 7.05 Å². The van der Waals surface area contributed by atoms with Crippen LogP contribution in [0.5, 0.6) is 0 Å². The van der Waals surface area contributed by atoms with Crippen LogP contribution in [0, 0.1) is 27.7 Å². The Bertz CT molecular complexity index is 629. The number of nitrogens with zero attached hydrogens (tertiary/aromatic N) is 4. The molecule has 6 heteroatoms. The van der Waals surface area contributed by atoms with Gasteiger partial charge in [-0.05, 0) is 27.7 Å². The lowest BCUT2D eigenvalue weighted by Gasteiger charge is -2.12. The lowest BCUT2D eigenvalue weighted by Crippen LogP contribution is -2.09. The maximum atomic E-state index is 4.47. The van der Waals surface area contributed by atoms with Crippen LogP contribution in [0.1, 0.15) is 28.3 Å². The fourth-order valence-electron chi connectivity index (χ4n) is 2.29. The first-order valence-corrected chi connectivity index (χ1v) is 6.70. The number of rotatable bonds is 4. The fraction of sp³-hybridized carbons (Fsp3) is 0.500. The van der Waals surface area contributed by atoms with Crippen molar-refractivity contribution in [3.63, 3.8) is 0 Å². The zero-order valence-electron chi connectivity index (χ0n) is 13.0. The van der Waals surface area contributed by atoms with Crippen molar-refractivity contribution in [2.45, 2.75) is 34.2 Å². The van der Waals surface area contributed by atoms with E-state index in [1.165, 1.54) is 11.3 Å². The van der Waals surface area contributed by atoms with Gasteiger partial charge in [-0.2, -0.15) is 5.10 Å². The van der Waals surface area contributed by atoms with Gasteiger partial charge in [0.1, 0.15) is 17.5 Å². The highest BCUT2D eigenvalue weighted by molar-refractivity contribution is 5.57. The molecule has 0 aromatic carbocycles. The highest BCUT2D eigenvalue weighted by atomic mass is 15.3. The summed E-state index contributed by atoms with van der Waals surface area (Å²) < 4.78 is 1.91. The molecule has 6 nitrogen and oxygen atoms in total. The summed E-state index contributed by atoms with van der Waals surface area (Å²) in [6.07, 6.45) is 0. The Balaban J connectivity index is 2.25. The topological polar surface area (TPSA) is 67.7 Å². The molecule has 0 saturated carbocycles. The van der Waals surface area contributed by atoms with Crippen molar-refractivity contribution in [2.75, 3.05) is 17.7 Å². The Labute approximate surface area is 119 Å². The third-order valence-corrected chi connectivity index (χ3v) is 3.59. The Kier molecular flexibility index (Phi) is 3.92. The summed E-state index contributed by atoms with van der Waals surface area (Å²) in [6.45, 7) is 8.73. The molecule has 0 aliphatic heterocycles. The molecule has 2 rings (SSSR count). The van der Waals surface area contributed by atoms with Gasteiger partial charge in [-0.15, -0.1) is 0 Å². The Morgan fingerprint density at radius 1 is 1.05 bits per heavy atom. The van der Waals surface area contributed by atoms with E-state index in [4.69, 9.17) is 0 Å². The number of aromatic nitrogens is 4. The van der Waals surface area contributed by atoms with Gasteiger partial charge in [-0.1, -0.05) is 0 Å². The van der Waals surface area contributed by atoms with E-state index in [2.05, 4.69) is 32.6 Å². The second-order valence-corrected chi connectivity index (χ2v) is 4.97. The highest BCUT2D eigenvalue weighted by Gasteiger charge is 2.12. The van der Waals surface area contributed by atoms with Crippen LogP contribution in [-0.4, -0.2) is 26.8 Å². The van der Waals surface area contributed by atoms with Gasteiger partial charge in [0.25, 0.3) is 0 Å². The predicted octanol–water partition coefficient (Wildman–Crippen LogP) is 2.10. The molecule has 2 aromatic heterocycles. The highest BCUT2D eigenvalue weighted by Crippen LogP contribution is 2.21. The van der Waals surface area contributed by atoms with Crippen molar-refractivity contribution in [3.05, 3.63) is 28.3 Å². The van der Waals surface area contributed by atoms with Crippen LogP contribution in [0.2, 0.25) is 0 Å². The van der Waals surface area contributed by atoms with Crippen LogP contribution < -0.4 is 10.6 Å². The lowest BCUT2D eigenvalue weighted by molar-refractivity contribution is 0.730. The van der Waals surface area contributed by atoms with Crippen LogP contribution in [0.25, 0.3) is 0 Å². The molecule has 0 atom stereocenters. The largest absolute Gasteiger partial charge is 0.373 e. The van der Waals surface area contributed by atoms with Crippen molar-refractivity contribution in [3.8, 4) is 0 Å². The smallest absolute Gasteiger partial charge is 0.135 e. The third kappa shape index (κ3) is 2.59. The lowest BCUT2D eigenvalue weighted by atomic mass is 10.2. The molecule has 20 heavy (non-hydrogen) atoms. The first kappa shape index (κ1) is 14.3. The average Bonchev–Trinajstić information content (AvgIpc) is 2.64. The second-order valence-electron chi connectivity index (χ2n) is 4.97. The molecule has 0 aliphatic rings. The number of anilines is 2. The molecule has 0 unspecified atom stereocenters. The second kappa shape index (κ2) is 5.48. The molecule has 0 fully saturated rings. The first-order valence-electron chi connectivity index (χ1n) is 6.70. The molecule has 108 valence electrons. The molecule has 0 spiro atoms. The van der Waals surface area contributed by atoms with Gasteiger partial charge >= 0.3 is 0 Å². The normalized spacial score (nSPS) is 10.7. The van der Waals surface area contributed by atoms with Gasteiger partial charge in [0.05, 0.1) is 5.69 Å². The zero-order valence-corrected chi connectivity index (χ0v) is 13.0. The summed E-state index contributed by atoms with van der Waals surface area (Å²) in [5.41, 5.74) is 4.47. The predicted molar refractivity (Wildman–Crippen MR) is 81.1 cm³/mol. The van der Waals surface area contributed by atoms with Crippen LogP contribution in [-0.2, 0) is 13.6 Å². The third-order valence-electron chi connectivity index (χ3n) is 3.59. The summed E-state index contributed by atoms with van der Waals surface area (Å²) >= 11 is 0. The van der Waals surface area contributed by atoms with Crippen LogP contribution in [0.3, 0.4) is 0 Å². The minimum absolute atomic E-state index is 0.714. The van der Waals surface area contributed by atoms with Crippen LogP contribution in [0.15, 0.2) is 0 Å². The maximum Gasteiger partial charge on any atom is 0.135 e. The van der Waals surface area contributed by atoms with Crippen molar-refractivity contribution < 1.29 is 0 Å². The van der Waals surface area contributed by atoms with Gasteiger partial charge < -0.3 is 10.6 Å². The minimum Gasteiger partial charge on any atom is -0.373 e. The van der Waals surface area contributed by atoms with Crippen LogP contribution in [0.4, 0.5) is 11.6 Å². The minimum atomic E-state index is 0.714. The molecule has 0 bridgehead atoms. The summed E-state index contributed by atoms with van der Waals surface area (Å²) in [5, 5.41) is 10.9. The zero-order chi connectivity index (χ0) is 14.9. The molecule has 0 radical (unpaired) electrons. The molecular formula is C14H22N6.